The van der Waals surface area contributed by atoms with Gasteiger partial charge in [0.15, 0.2) is 12.6 Å². The first kappa shape index (κ1) is 66.8. The molecule has 0 radical (unpaired) electrons. The molecule has 0 aromatic heterocycles. The molecule has 2 heterocycles. The first-order valence-corrected chi connectivity index (χ1v) is 29.0. The smallest absolute Gasteiger partial charge is 0.220 e. The van der Waals surface area contributed by atoms with Crippen LogP contribution < -0.4 is 5.32 Å². The van der Waals surface area contributed by atoms with Crippen LogP contribution in [0.4, 0.5) is 0 Å². The Morgan fingerprint density at radius 1 is 0.493 bits per heavy atom. The maximum atomic E-state index is 13.2. The van der Waals surface area contributed by atoms with E-state index >= 15 is 0 Å². The summed E-state index contributed by atoms with van der Waals surface area (Å²) in [6.45, 7) is 2.67. The monoisotopic (exact) mass is 1040 g/mol. The van der Waals surface area contributed by atoms with Crippen molar-refractivity contribution >= 4 is 5.91 Å². The fraction of sp³-hybridized carbons (Fsp3) is 0.814. The van der Waals surface area contributed by atoms with Gasteiger partial charge in [0.2, 0.25) is 5.91 Å². The van der Waals surface area contributed by atoms with E-state index in [2.05, 4.69) is 67.8 Å². The summed E-state index contributed by atoms with van der Waals surface area (Å²) in [6, 6.07) is -0.930. The van der Waals surface area contributed by atoms with Crippen LogP contribution in [0.25, 0.3) is 0 Å². The Kier molecular flexibility index (Phi) is 41.0. The van der Waals surface area contributed by atoms with Crippen molar-refractivity contribution in [1.82, 2.24) is 5.32 Å². The van der Waals surface area contributed by atoms with Crippen molar-refractivity contribution in [2.75, 3.05) is 19.8 Å². The Hall–Kier alpha value is -2.31. The molecule has 12 unspecified atom stereocenters. The van der Waals surface area contributed by atoms with Crippen molar-refractivity contribution in [3.8, 4) is 0 Å². The molecular formula is C59H105NO13. The van der Waals surface area contributed by atoms with Crippen molar-refractivity contribution in [2.24, 2.45) is 0 Å². The third-order valence-electron chi connectivity index (χ3n) is 13.9. The van der Waals surface area contributed by atoms with Crippen LogP contribution in [0.1, 0.15) is 213 Å². The van der Waals surface area contributed by atoms with Gasteiger partial charge < -0.3 is 65.1 Å². The standard InChI is InChI=1S/C59H105NO13/c1-3-5-7-9-11-13-14-15-16-17-18-19-20-21-22-23-24-25-26-27-28-29-30-31-32-33-34-35-37-39-41-43-51(64)60-47(48(63)42-40-38-36-12-10-8-6-4-2)46-70-58-56(69)54(67)57(50(45-62)72-58)73-59-55(68)53(66)52(65)49(44-61)71-59/h10,12,14-15,17-18,20-21,40,42,47-50,52-59,61-63,65-69H,3-9,11,13,16,19,22-39,41,43-46H2,1-2H3,(H,60,64)/b12-10+,15-14-,18-17-,21-20-,42-40+. The van der Waals surface area contributed by atoms with Gasteiger partial charge in [-0.1, -0.05) is 203 Å². The number of carbonyl (C=O) groups is 1. The van der Waals surface area contributed by atoms with E-state index in [-0.39, 0.29) is 18.9 Å². The quantitative estimate of drug-likeness (QED) is 0.0205. The third-order valence-corrected chi connectivity index (χ3v) is 13.9. The van der Waals surface area contributed by atoms with Crippen LogP contribution in [-0.2, 0) is 23.7 Å². The molecule has 14 heteroatoms. The summed E-state index contributed by atoms with van der Waals surface area (Å²) in [5, 5.41) is 86.6. The lowest BCUT2D eigenvalue weighted by Crippen LogP contribution is -2.65. The summed E-state index contributed by atoms with van der Waals surface area (Å²) in [4.78, 5) is 13.2. The number of ether oxygens (including phenoxy) is 4. The Morgan fingerprint density at radius 2 is 0.932 bits per heavy atom. The second-order valence-electron chi connectivity index (χ2n) is 20.4. The van der Waals surface area contributed by atoms with Gasteiger partial charge in [0, 0.05) is 6.42 Å². The largest absolute Gasteiger partial charge is 0.394 e. The molecule has 0 aromatic carbocycles. The molecule has 0 aromatic rings. The molecule has 2 rings (SSSR count). The number of amides is 1. The van der Waals surface area contributed by atoms with E-state index in [1.165, 1.54) is 122 Å². The van der Waals surface area contributed by atoms with E-state index in [9.17, 15) is 45.6 Å². The van der Waals surface area contributed by atoms with E-state index in [1.54, 1.807) is 6.08 Å². The van der Waals surface area contributed by atoms with Gasteiger partial charge in [-0.15, -0.1) is 0 Å². The number of nitrogens with one attached hydrogen (secondary N) is 1. The normalized spacial score (nSPS) is 25.8. The minimum atomic E-state index is -1.79. The van der Waals surface area contributed by atoms with Crippen LogP contribution in [-0.4, -0.2) is 140 Å². The summed E-state index contributed by atoms with van der Waals surface area (Å²) >= 11 is 0. The third kappa shape index (κ3) is 30.9. The van der Waals surface area contributed by atoms with E-state index in [1.807, 2.05) is 6.08 Å². The van der Waals surface area contributed by atoms with Crippen LogP contribution in [0.15, 0.2) is 60.8 Å². The number of unbranched alkanes of at least 4 members (excludes halogenated alkanes) is 24. The van der Waals surface area contributed by atoms with Gasteiger partial charge in [0.1, 0.15) is 48.8 Å². The number of carbonyl (C=O) groups excluding carboxylic acids is 1. The maximum Gasteiger partial charge on any atom is 0.220 e. The van der Waals surface area contributed by atoms with Crippen molar-refractivity contribution in [2.45, 2.75) is 286 Å². The molecule has 0 bridgehead atoms. The zero-order valence-electron chi connectivity index (χ0n) is 45.4. The Balaban J connectivity index is 1.62. The predicted octanol–water partition coefficient (Wildman–Crippen LogP) is 9.39. The van der Waals surface area contributed by atoms with Crippen molar-refractivity contribution < 1.29 is 64.6 Å². The number of rotatable bonds is 45. The Labute approximate surface area is 441 Å². The lowest BCUT2D eigenvalue weighted by molar-refractivity contribution is -0.359. The molecule has 9 N–H and O–H groups in total. The van der Waals surface area contributed by atoms with Gasteiger partial charge in [-0.05, 0) is 64.2 Å². The van der Waals surface area contributed by atoms with E-state index < -0.39 is 86.8 Å². The number of allylic oxidation sites excluding steroid dienone is 9. The average molecular weight is 1040 g/mol. The second-order valence-corrected chi connectivity index (χ2v) is 20.4. The molecule has 2 aliphatic rings. The van der Waals surface area contributed by atoms with Crippen LogP contribution in [0.3, 0.4) is 0 Å². The highest BCUT2D eigenvalue weighted by Gasteiger charge is 2.51. The highest BCUT2D eigenvalue weighted by atomic mass is 16.7. The molecule has 0 saturated carbocycles. The molecule has 12 atom stereocenters. The van der Waals surface area contributed by atoms with Gasteiger partial charge in [0.05, 0.1) is 32.0 Å². The lowest BCUT2D eigenvalue weighted by Gasteiger charge is -2.46. The van der Waals surface area contributed by atoms with E-state index in [0.717, 1.165) is 57.8 Å². The van der Waals surface area contributed by atoms with E-state index in [0.29, 0.717) is 12.8 Å². The van der Waals surface area contributed by atoms with E-state index in [4.69, 9.17) is 18.9 Å². The molecule has 424 valence electrons. The second kappa shape index (κ2) is 44.8. The summed E-state index contributed by atoms with van der Waals surface area (Å²) in [5.41, 5.74) is 0. The molecule has 2 aliphatic heterocycles. The van der Waals surface area contributed by atoms with Crippen LogP contribution in [0, 0.1) is 0 Å². The Bertz CT molecular complexity index is 1450. The fourth-order valence-corrected chi connectivity index (χ4v) is 9.18. The molecule has 2 saturated heterocycles. The molecule has 2 fully saturated rings. The van der Waals surface area contributed by atoms with Crippen molar-refractivity contribution in [3.05, 3.63) is 60.8 Å². The topological polar surface area (TPSA) is 228 Å². The minimum absolute atomic E-state index is 0.254. The first-order valence-electron chi connectivity index (χ1n) is 29.0. The highest BCUT2D eigenvalue weighted by molar-refractivity contribution is 5.76. The average Bonchev–Trinajstić information content (AvgIpc) is 3.39. The molecule has 0 spiro atoms. The number of hydrogen-bond acceptors (Lipinski definition) is 13. The minimum Gasteiger partial charge on any atom is -0.394 e. The summed E-state index contributed by atoms with van der Waals surface area (Å²) in [5.74, 6) is -0.254. The predicted molar refractivity (Wildman–Crippen MR) is 290 cm³/mol. The SMILES string of the molecule is CCCC/C=C/CC/C=C/C(O)C(COC1OC(CO)C(OC2OC(CO)C(O)C(O)C2O)C(O)C1O)NC(=O)CCCCCCCCCCCCCCCCCC/C=C\C/C=C\C/C=C\CCCCCCC. The first-order chi connectivity index (χ1) is 35.6. The number of aliphatic hydroxyl groups is 8. The van der Waals surface area contributed by atoms with Gasteiger partial charge in [-0.25, -0.2) is 0 Å². The van der Waals surface area contributed by atoms with Crippen LogP contribution >= 0.6 is 0 Å². The highest BCUT2D eigenvalue weighted by Crippen LogP contribution is 2.30. The molecule has 73 heavy (non-hydrogen) atoms. The molecule has 14 nitrogen and oxygen atoms in total. The summed E-state index contributed by atoms with van der Waals surface area (Å²) < 4.78 is 22.6. The molecule has 1 amide bonds. The van der Waals surface area contributed by atoms with Crippen molar-refractivity contribution in [1.29, 1.82) is 0 Å². The maximum absolute atomic E-state index is 13.2. The lowest BCUT2D eigenvalue weighted by atomic mass is 9.97. The Morgan fingerprint density at radius 3 is 1.48 bits per heavy atom. The number of aliphatic hydroxyl groups excluding tert-OH is 8. The van der Waals surface area contributed by atoms with Gasteiger partial charge in [-0.2, -0.15) is 0 Å². The van der Waals surface area contributed by atoms with Gasteiger partial charge in [0.25, 0.3) is 0 Å². The number of hydrogen-bond donors (Lipinski definition) is 9. The van der Waals surface area contributed by atoms with Crippen LogP contribution in [0.2, 0.25) is 0 Å². The van der Waals surface area contributed by atoms with Gasteiger partial charge in [-0.3, -0.25) is 4.79 Å². The van der Waals surface area contributed by atoms with Gasteiger partial charge >= 0.3 is 0 Å². The summed E-state index contributed by atoms with van der Waals surface area (Å²) in [6.07, 6.45) is 40.3. The van der Waals surface area contributed by atoms with Crippen molar-refractivity contribution in [3.63, 3.8) is 0 Å². The molecular weight excluding hydrogens is 931 g/mol. The zero-order valence-corrected chi connectivity index (χ0v) is 45.4. The van der Waals surface area contributed by atoms with Crippen LogP contribution in [0.5, 0.6) is 0 Å². The zero-order chi connectivity index (χ0) is 53.2. The summed E-state index contributed by atoms with van der Waals surface area (Å²) in [7, 11) is 0. The molecule has 0 aliphatic carbocycles. The fourth-order valence-electron chi connectivity index (χ4n) is 9.18.